The molecule has 2 heterocycles. The fraction of sp³-hybridized carbons (Fsp3) is 0.667. The maximum atomic E-state index is 12.5. The highest BCUT2D eigenvalue weighted by Gasteiger charge is 2.33. The van der Waals surface area contributed by atoms with Crippen molar-refractivity contribution in [3.63, 3.8) is 0 Å². The van der Waals surface area contributed by atoms with E-state index in [0.29, 0.717) is 30.8 Å². The second-order valence-corrected chi connectivity index (χ2v) is 8.09. The van der Waals surface area contributed by atoms with Gasteiger partial charge in [-0.2, -0.15) is 0 Å². The summed E-state index contributed by atoms with van der Waals surface area (Å²) in [6.45, 7) is 13.4. The van der Waals surface area contributed by atoms with Crippen LogP contribution in [0.15, 0.2) is 6.20 Å². The molecule has 0 radical (unpaired) electrons. The van der Waals surface area contributed by atoms with Crippen LogP contribution in [-0.2, 0) is 4.79 Å². The van der Waals surface area contributed by atoms with Crippen LogP contribution in [0.5, 0.6) is 0 Å². The zero-order chi connectivity index (χ0) is 18.1. The summed E-state index contributed by atoms with van der Waals surface area (Å²) < 4.78 is 0. The Balaban J connectivity index is 2.02. The Hall–Kier alpha value is -1.98. The van der Waals surface area contributed by atoms with Crippen LogP contribution >= 0.6 is 0 Å². The van der Waals surface area contributed by atoms with Gasteiger partial charge in [0.05, 0.1) is 17.3 Å². The molecule has 2 amide bonds. The van der Waals surface area contributed by atoms with Crippen LogP contribution in [-0.4, -0.2) is 45.8 Å². The van der Waals surface area contributed by atoms with E-state index < -0.39 is 0 Å². The first kappa shape index (κ1) is 18.4. The molecule has 1 fully saturated rings. The molecule has 0 aromatic carbocycles. The van der Waals surface area contributed by atoms with E-state index in [2.05, 4.69) is 36.1 Å². The first-order chi connectivity index (χ1) is 11.1. The molecular weight excluding hydrogens is 304 g/mol. The largest absolute Gasteiger partial charge is 0.347 e. The van der Waals surface area contributed by atoms with Gasteiger partial charge in [0, 0.05) is 31.6 Å². The summed E-state index contributed by atoms with van der Waals surface area (Å²) in [4.78, 5) is 35.1. The smallest absolute Gasteiger partial charge is 0.254 e. The van der Waals surface area contributed by atoms with Gasteiger partial charge < -0.3 is 10.2 Å². The molecular formula is C18H28N4O2. The Bertz CT molecular complexity index is 634. The zero-order valence-corrected chi connectivity index (χ0v) is 15.5. The van der Waals surface area contributed by atoms with E-state index in [4.69, 9.17) is 0 Å². The van der Waals surface area contributed by atoms with Crippen LogP contribution in [0.3, 0.4) is 0 Å². The second-order valence-electron chi connectivity index (χ2n) is 8.09. The summed E-state index contributed by atoms with van der Waals surface area (Å²) in [5, 5.41) is 2.95. The molecule has 2 rings (SSSR count). The standard InChI is InChI=1S/C18H28N4O2/c1-11(2)16-19-8-14(12(3)20-16)17(24)21-13-7-15(23)22(9-13)10-18(4,5)6/h8,11,13H,7,9-10H2,1-6H3,(H,21,24)/t13-/m0/s1. The Morgan fingerprint density at radius 1 is 1.42 bits per heavy atom. The quantitative estimate of drug-likeness (QED) is 0.918. The van der Waals surface area contributed by atoms with Crippen molar-refractivity contribution in [3.8, 4) is 0 Å². The van der Waals surface area contributed by atoms with Gasteiger partial charge in [0.2, 0.25) is 5.91 Å². The molecule has 1 aliphatic heterocycles. The van der Waals surface area contributed by atoms with Crippen LogP contribution in [0, 0.1) is 12.3 Å². The number of aryl methyl sites for hydroxylation is 1. The molecule has 0 aliphatic carbocycles. The highest BCUT2D eigenvalue weighted by molar-refractivity contribution is 5.95. The van der Waals surface area contributed by atoms with Crippen molar-refractivity contribution in [2.24, 2.45) is 5.41 Å². The Morgan fingerprint density at radius 2 is 2.08 bits per heavy atom. The first-order valence-corrected chi connectivity index (χ1v) is 8.49. The lowest BCUT2D eigenvalue weighted by atomic mass is 9.96. The number of aromatic nitrogens is 2. The molecule has 6 heteroatoms. The lowest BCUT2D eigenvalue weighted by Gasteiger charge is -2.26. The van der Waals surface area contributed by atoms with Gasteiger partial charge in [-0.15, -0.1) is 0 Å². The molecule has 0 spiro atoms. The minimum atomic E-state index is -0.210. The minimum Gasteiger partial charge on any atom is -0.347 e. The fourth-order valence-electron chi connectivity index (χ4n) is 2.84. The molecule has 132 valence electrons. The molecule has 1 N–H and O–H groups in total. The van der Waals surface area contributed by atoms with Crippen molar-refractivity contribution in [2.45, 2.75) is 59.9 Å². The summed E-state index contributed by atoms with van der Waals surface area (Å²) in [5.74, 6) is 0.840. The Labute approximate surface area is 144 Å². The molecule has 1 aliphatic rings. The van der Waals surface area contributed by atoms with E-state index in [9.17, 15) is 9.59 Å². The molecule has 1 aromatic rings. The number of hydrogen-bond acceptors (Lipinski definition) is 4. The average molecular weight is 332 g/mol. The third-order valence-electron chi connectivity index (χ3n) is 3.97. The molecule has 1 atom stereocenters. The maximum Gasteiger partial charge on any atom is 0.254 e. The monoisotopic (exact) mass is 332 g/mol. The molecule has 1 saturated heterocycles. The topological polar surface area (TPSA) is 75.2 Å². The molecule has 0 saturated carbocycles. The van der Waals surface area contributed by atoms with Gasteiger partial charge in [0.25, 0.3) is 5.91 Å². The van der Waals surface area contributed by atoms with Gasteiger partial charge in [-0.3, -0.25) is 9.59 Å². The van der Waals surface area contributed by atoms with Crippen molar-refractivity contribution in [3.05, 3.63) is 23.3 Å². The third-order valence-corrected chi connectivity index (χ3v) is 3.97. The predicted octanol–water partition coefficient (Wildman–Crippen LogP) is 2.29. The number of hydrogen-bond donors (Lipinski definition) is 1. The van der Waals surface area contributed by atoms with Gasteiger partial charge >= 0.3 is 0 Å². The highest BCUT2D eigenvalue weighted by atomic mass is 16.2. The van der Waals surface area contributed by atoms with E-state index in [-0.39, 0.29) is 29.2 Å². The molecule has 6 nitrogen and oxygen atoms in total. The van der Waals surface area contributed by atoms with Gasteiger partial charge in [0.15, 0.2) is 0 Å². The molecule has 1 aromatic heterocycles. The number of carbonyl (C=O) groups is 2. The van der Waals surface area contributed by atoms with E-state index in [1.54, 1.807) is 6.20 Å². The lowest BCUT2D eigenvalue weighted by Crippen LogP contribution is -2.39. The van der Waals surface area contributed by atoms with Gasteiger partial charge in [-0.1, -0.05) is 34.6 Å². The van der Waals surface area contributed by atoms with Crippen molar-refractivity contribution in [1.82, 2.24) is 20.2 Å². The number of carbonyl (C=O) groups excluding carboxylic acids is 2. The number of amides is 2. The number of nitrogens with zero attached hydrogens (tertiary/aromatic N) is 3. The summed E-state index contributed by atoms with van der Waals surface area (Å²) >= 11 is 0. The molecule has 0 unspecified atom stereocenters. The van der Waals surface area contributed by atoms with Gasteiger partial charge in [-0.05, 0) is 12.3 Å². The highest BCUT2D eigenvalue weighted by Crippen LogP contribution is 2.20. The van der Waals surface area contributed by atoms with Crippen LogP contribution < -0.4 is 5.32 Å². The summed E-state index contributed by atoms with van der Waals surface area (Å²) in [7, 11) is 0. The lowest BCUT2D eigenvalue weighted by molar-refractivity contribution is -0.128. The zero-order valence-electron chi connectivity index (χ0n) is 15.5. The molecule has 0 bridgehead atoms. The van der Waals surface area contributed by atoms with Crippen LogP contribution in [0.1, 0.15) is 68.8 Å². The normalized spacial score (nSPS) is 18.4. The van der Waals surface area contributed by atoms with Crippen molar-refractivity contribution in [2.75, 3.05) is 13.1 Å². The fourth-order valence-corrected chi connectivity index (χ4v) is 2.84. The number of nitrogens with one attached hydrogen (secondary N) is 1. The van der Waals surface area contributed by atoms with Crippen LogP contribution in [0.4, 0.5) is 0 Å². The minimum absolute atomic E-state index is 0.0473. The number of rotatable bonds is 4. The van der Waals surface area contributed by atoms with E-state index >= 15 is 0 Å². The second kappa shape index (κ2) is 6.87. The van der Waals surface area contributed by atoms with Crippen molar-refractivity contribution >= 4 is 11.8 Å². The summed E-state index contributed by atoms with van der Waals surface area (Å²) in [6.07, 6.45) is 1.93. The van der Waals surface area contributed by atoms with E-state index in [1.807, 2.05) is 25.7 Å². The van der Waals surface area contributed by atoms with Crippen LogP contribution in [0.25, 0.3) is 0 Å². The van der Waals surface area contributed by atoms with E-state index in [1.165, 1.54) is 0 Å². The Morgan fingerprint density at radius 3 is 2.62 bits per heavy atom. The number of likely N-dealkylation sites (tertiary alicyclic amines) is 1. The van der Waals surface area contributed by atoms with Crippen molar-refractivity contribution < 1.29 is 9.59 Å². The Kier molecular flexibility index (Phi) is 5.26. The van der Waals surface area contributed by atoms with E-state index in [0.717, 1.165) is 5.82 Å². The third kappa shape index (κ3) is 4.52. The average Bonchev–Trinajstić information content (AvgIpc) is 2.76. The SMILES string of the molecule is Cc1nc(C(C)C)ncc1C(=O)N[C@H]1CC(=O)N(CC(C)(C)C)C1. The van der Waals surface area contributed by atoms with Gasteiger partial charge in [0.1, 0.15) is 5.82 Å². The summed E-state index contributed by atoms with van der Waals surface area (Å²) in [6, 6.07) is -0.156. The summed E-state index contributed by atoms with van der Waals surface area (Å²) in [5.41, 5.74) is 1.19. The van der Waals surface area contributed by atoms with Crippen molar-refractivity contribution in [1.29, 1.82) is 0 Å². The maximum absolute atomic E-state index is 12.5. The molecule has 24 heavy (non-hydrogen) atoms. The van der Waals surface area contributed by atoms with Gasteiger partial charge in [-0.25, -0.2) is 9.97 Å². The first-order valence-electron chi connectivity index (χ1n) is 8.49. The van der Waals surface area contributed by atoms with Crippen LogP contribution in [0.2, 0.25) is 0 Å². The predicted molar refractivity (Wildman–Crippen MR) is 92.8 cm³/mol.